The van der Waals surface area contributed by atoms with Crippen LogP contribution in [-0.4, -0.2) is 63.3 Å². The van der Waals surface area contributed by atoms with Gasteiger partial charge in [0.1, 0.15) is 18.1 Å². The molecule has 5 atom stereocenters. The number of carboxylic acid groups (broad SMARTS) is 2. The molecule has 0 aliphatic rings. The Kier molecular flexibility index (Phi) is 9.69. The van der Waals surface area contributed by atoms with Crippen molar-refractivity contribution in [2.24, 2.45) is 11.7 Å². The fraction of sp³-hybridized carbons (Fsp3) is 0.733. The predicted molar refractivity (Wildman–Crippen MR) is 87.5 cm³/mol. The van der Waals surface area contributed by atoms with Crippen molar-refractivity contribution < 1.29 is 34.5 Å². The number of aliphatic hydroxyl groups excluding tert-OH is 1. The lowest BCUT2D eigenvalue weighted by Crippen LogP contribution is -2.57. The van der Waals surface area contributed by atoms with Crippen molar-refractivity contribution in [3.05, 3.63) is 0 Å². The summed E-state index contributed by atoms with van der Waals surface area (Å²) >= 11 is 0. The third-order valence-electron chi connectivity index (χ3n) is 3.88. The molecule has 0 saturated carbocycles. The van der Waals surface area contributed by atoms with Gasteiger partial charge in [-0.3, -0.25) is 14.4 Å². The highest BCUT2D eigenvalue weighted by molar-refractivity contribution is 5.92. The lowest BCUT2D eigenvalue weighted by atomic mass is 9.98. The Hall–Kier alpha value is -2.20. The maximum Gasteiger partial charge on any atom is 0.326 e. The summed E-state index contributed by atoms with van der Waals surface area (Å²) in [5.41, 5.74) is 5.48. The maximum atomic E-state index is 12.3. The molecule has 5 unspecified atom stereocenters. The molecule has 0 saturated heterocycles. The van der Waals surface area contributed by atoms with Crippen LogP contribution in [0, 0.1) is 5.92 Å². The van der Waals surface area contributed by atoms with Crippen molar-refractivity contribution in [1.82, 2.24) is 10.6 Å². The molecule has 0 fully saturated rings. The summed E-state index contributed by atoms with van der Waals surface area (Å²) in [6.45, 7) is 4.70. The van der Waals surface area contributed by atoms with Crippen LogP contribution in [0.2, 0.25) is 0 Å². The van der Waals surface area contributed by atoms with E-state index in [4.69, 9.17) is 10.8 Å². The fourth-order valence-electron chi connectivity index (χ4n) is 1.96. The molecule has 0 aliphatic carbocycles. The summed E-state index contributed by atoms with van der Waals surface area (Å²) in [6.07, 6.45) is -1.33. The number of carbonyl (C=O) groups is 4. The topological polar surface area (TPSA) is 179 Å². The van der Waals surface area contributed by atoms with Gasteiger partial charge in [0, 0.05) is 6.42 Å². The smallest absolute Gasteiger partial charge is 0.326 e. The number of carboxylic acids is 2. The third-order valence-corrected chi connectivity index (χ3v) is 3.88. The Morgan fingerprint density at radius 3 is 2.00 bits per heavy atom. The van der Waals surface area contributed by atoms with Crippen molar-refractivity contribution in [2.45, 2.75) is 64.3 Å². The average molecular weight is 361 g/mol. The van der Waals surface area contributed by atoms with Crippen LogP contribution in [-0.2, 0) is 19.2 Å². The van der Waals surface area contributed by atoms with Gasteiger partial charge in [0.05, 0.1) is 6.10 Å². The van der Waals surface area contributed by atoms with Gasteiger partial charge in [-0.2, -0.15) is 0 Å². The molecule has 0 bridgehead atoms. The van der Waals surface area contributed by atoms with Crippen LogP contribution in [0.25, 0.3) is 0 Å². The summed E-state index contributed by atoms with van der Waals surface area (Å²) in [4.78, 5) is 46.3. The minimum atomic E-state index is -1.30. The molecule has 10 nitrogen and oxygen atoms in total. The van der Waals surface area contributed by atoms with Gasteiger partial charge < -0.3 is 31.7 Å². The Balaban J connectivity index is 5.17. The minimum Gasteiger partial charge on any atom is -0.481 e. The highest BCUT2D eigenvalue weighted by Crippen LogP contribution is 2.09. The fourth-order valence-corrected chi connectivity index (χ4v) is 1.96. The Morgan fingerprint density at radius 1 is 1.04 bits per heavy atom. The molecule has 0 aliphatic heterocycles. The van der Waals surface area contributed by atoms with E-state index in [1.807, 2.05) is 0 Å². The second-order valence-corrected chi connectivity index (χ2v) is 5.97. The van der Waals surface area contributed by atoms with Gasteiger partial charge in [-0.25, -0.2) is 4.79 Å². The Morgan fingerprint density at radius 2 is 1.60 bits per heavy atom. The summed E-state index contributed by atoms with van der Waals surface area (Å²) in [5, 5.41) is 31.9. The zero-order valence-corrected chi connectivity index (χ0v) is 14.6. The van der Waals surface area contributed by atoms with Gasteiger partial charge in [0.2, 0.25) is 11.8 Å². The number of hydrogen-bond acceptors (Lipinski definition) is 6. The van der Waals surface area contributed by atoms with Gasteiger partial charge in [-0.15, -0.1) is 0 Å². The van der Waals surface area contributed by atoms with Gasteiger partial charge in [-0.1, -0.05) is 20.3 Å². The molecular formula is C15H27N3O7. The molecule has 2 amide bonds. The van der Waals surface area contributed by atoms with Crippen molar-refractivity contribution in [1.29, 1.82) is 0 Å². The van der Waals surface area contributed by atoms with Crippen LogP contribution in [0.1, 0.15) is 40.0 Å². The molecule has 0 aromatic rings. The lowest BCUT2D eigenvalue weighted by molar-refractivity contribution is -0.144. The molecule has 0 radical (unpaired) electrons. The predicted octanol–water partition coefficient (Wildman–Crippen LogP) is -1.34. The van der Waals surface area contributed by atoms with E-state index in [0.29, 0.717) is 6.42 Å². The number of amides is 2. The largest absolute Gasteiger partial charge is 0.481 e. The van der Waals surface area contributed by atoms with Crippen molar-refractivity contribution in [3.8, 4) is 0 Å². The summed E-state index contributed by atoms with van der Waals surface area (Å²) < 4.78 is 0. The number of carbonyl (C=O) groups excluding carboxylic acids is 2. The second-order valence-electron chi connectivity index (χ2n) is 5.97. The van der Waals surface area contributed by atoms with E-state index in [9.17, 15) is 29.4 Å². The number of nitrogens with two attached hydrogens (primary N) is 1. The minimum absolute atomic E-state index is 0.244. The molecule has 0 heterocycles. The first-order chi connectivity index (χ1) is 11.5. The van der Waals surface area contributed by atoms with Gasteiger partial charge in [0.25, 0.3) is 0 Å². The van der Waals surface area contributed by atoms with Crippen LogP contribution in [0.4, 0.5) is 0 Å². The van der Waals surface area contributed by atoms with E-state index < -0.39 is 54.4 Å². The Labute approximate surface area is 145 Å². The first kappa shape index (κ1) is 22.8. The van der Waals surface area contributed by atoms with Crippen LogP contribution >= 0.6 is 0 Å². The molecule has 0 aromatic heterocycles. The molecule has 0 rings (SSSR count). The van der Waals surface area contributed by atoms with Gasteiger partial charge in [-0.05, 0) is 19.3 Å². The summed E-state index contributed by atoms with van der Waals surface area (Å²) in [7, 11) is 0. The lowest BCUT2D eigenvalue weighted by Gasteiger charge is -2.25. The van der Waals surface area contributed by atoms with Crippen LogP contribution < -0.4 is 16.4 Å². The van der Waals surface area contributed by atoms with E-state index in [1.54, 1.807) is 13.8 Å². The Bertz CT molecular complexity index is 496. The highest BCUT2D eigenvalue weighted by Gasteiger charge is 2.31. The van der Waals surface area contributed by atoms with Crippen LogP contribution in [0.15, 0.2) is 0 Å². The zero-order chi connectivity index (χ0) is 19.7. The van der Waals surface area contributed by atoms with E-state index in [0.717, 1.165) is 0 Å². The number of nitrogens with one attached hydrogen (secondary N) is 2. The van der Waals surface area contributed by atoms with Crippen molar-refractivity contribution >= 4 is 23.8 Å². The molecule has 7 N–H and O–H groups in total. The van der Waals surface area contributed by atoms with E-state index in [1.165, 1.54) is 6.92 Å². The van der Waals surface area contributed by atoms with E-state index in [-0.39, 0.29) is 12.3 Å². The normalized spacial score (nSPS) is 16.8. The molecule has 0 aromatic carbocycles. The van der Waals surface area contributed by atoms with E-state index in [2.05, 4.69) is 10.6 Å². The maximum absolute atomic E-state index is 12.3. The number of aliphatic carboxylic acids is 2. The van der Waals surface area contributed by atoms with Crippen LogP contribution in [0.5, 0.6) is 0 Å². The molecule has 25 heavy (non-hydrogen) atoms. The standard InChI is InChI=1S/C15H27N3O7/c1-4-7(2)12(15(24)25)18-13(22)9(5-6-10(20)21)17-14(23)11(16)8(3)19/h7-9,11-12,19H,4-6,16H2,1-3H3,(H,17,23)(H,18,22)(H,20,21)(H,24,25). The first-order valence-corrected chi connectivity index (χ1v) is 8.00. The number of hydrogen-bond donors (Lipinski definition) is 6. The molecular weight excluding hydrogens is 334 g/mol. The monoisotopic (exact) mass is 361 g/mol. The number of rotatable bonds is 11. The quantitative estimate of drug-likeness (QED) is 0.261. The zero-order valence-electron chi connectivity index (χ0n) is 14.6. The summed E-state index contributed by atoms with van der Waals surface area (Å²) in [6, 6.07) is -3.75. The summed E-state index contributed by atoms with van der Waals surface area (Å²) in [5.74, 6) is -4.43. The van der Waals surface area contributed by atoms with Gasteiger partial charge >= 0.3 is 11.9 Å². The first-order valence-electron chi connectivity index (χ1n) is 8.00. The van der Waals surface area contributed by atoms with Crippen molar-refractivity contribution in [2.75, 3.05) is 0 Å². The van der Waals surface area contributed by atoms with E-state index >= 15 is 0 Å². The molecule has 144 valence electrons. The molecule has 0 spiro atoms. The number of aliphatic hydroxyl groups is 1. The highest BCUT2D eigenvalue weighted by atomic mass is 16.4. The van der Waals surface area contributed by atoms with Crippen molar-refractivity contribution in [3.63, 3.8) is 0 Å². The average Bonchev–Trinajstić information content (AvgIpc) is 2.53. The third kappa shape index (κ3) is 7.94. The molecule has 10 heteroatoms. The second kappa shape index (κ2) is 10.6. The van der Waals surface area contributed by atoms with Gasteiger partial charge in [0.15, 0.2) is 0 Å². The van der Waals surface area contributed by atoms with Crippen LogP contribution in [0.3, 0.4) is 0 Å². The SMILES string of the molecule is CCC(C)C(NC(=O)C(CCC(=O)O)NC(=O)C(N)C(C)O)C(=O)O.